The molecule has 0 bridgehead atoms. The van der Waals surface area contributed by atoms with Gasteiger partial charge in [-0.15, -0.1) is 0 Å². The summed E-state index contributed by atoms with van der Waals surface area (Å²) in [7, 11) is -1.81. The Morgan fingerprint density at radius 2 is 0.929 bits per heavy atom. The highest BCUT2D eigenvalue weighted by Gasteiger charge is 2.34. The summed E-state index contributed by atoms with van der Waals surface area (Å²) in [5, 5.41) is 0. The van der Waals surface area contributed by atoms with Gasteiger partial charge in [0.1, 0.15) is 6.23 Å². The molecule has 168 valence electrons. The normalized spacial score (nSPS) is 32.4. The molecule has 28 heavy (non-hydrogen) atoms. The van der Waals surface area contributed by atoms with E-state index in [-0.39, 0.29) is 22.5 Å². The molecule has 3 fully saturated rings. The molecule has 0 aromatic heterocycles. The van der Waals surface area contributed by atoms with Gasteiger partial charge >= 0.3 is 0 Å². The first kappa shape index (κ1) is 27.0. The molecule has 3 aliphatic rings. The molecule has 3 saturated heterocycles. The van der Waals surface area contributed by atoms with Crippen molar-refractivity contribution >= 4 is 25.1 Å². The zero-order valence-electron chi connectivity index (χ0n) is 19.0. The van der Waals surface area contributed by atoms with Gasteiger partial charge in [0.15, 0.2) is 25.1 Å². The van der Waals surface area contributed by atoms with Gasteiger partial charge in [-0.3, -0.25) is 0 Å². The van der Waals surface area contributed by atoms with E-state index in [4.69, 9.17) is 32.9 Å². The summed E-state index contributed by atoms with van der Waals surface area (Å²) in [4.78, 5) is 0. The molecule has 0 amide bonds. The first-order valence-corrected chi connectivity index (χ1v) is 14.4. The van der Waals surface area contributed by atoms with E-state index in [1.807, 2.05) is 33.8 Å². The summed E-state index contributed by atoms with van der Waals surface area (Å²) in [6.07, 6.45) is -0.169. The van der Waals surface area contributed by atoms with Crippen LogP contribution in [0.15, 0.2) is 0 Å². The van der Waals surface area contributed by atoms with Crippen molar-refractivity contribution in [3.05, 3.63) is 0 Å². The second kappa shape index (κ2) is 11.6. The van der Waals surface area contributed by atoms with Crippen molar-refractivity contribution in [3.8, 4) is 0 Å². The van der Waals surface area contributed by atoms with Crippen LogP contribution >= 0.6 is 25.1 Å². The average molecular weight is 459 g/mol. The van der Waals surface area contributed by atoms with Crippen molar-refractivity contribution in [2.45, 2.75) is 47.8 Å². The molecular weight excluding hydrogens is 419 g/mol. The highest BCUT2D eigenvalue weighted by Crippen LogP contribution is 2.45. The first-order chi connectivity index (χ1) is 12.7. The van der Waals surface area contributed by atoms with Gasteiger partial charge in [-0.05, 0) is 0 Å². The fourth-order valence-electron chi connectivity index (χ4n) is 1.89. The van der Waals surface area contributed by atoms with Gasteiger partial charge in [-0.1, -0.05) is 41.5 Å². The second-order valence-electron chi connectivity index (χ2n) is 9.53. The molecule has 2 unspecified atom stereocenters. The van der Waals surface area contributed by atoms with Crippen LogP contribution in [0.3, 0.4) is 0 Å². The zero-order chi connectivity index (χ0) is 21.6. The smallest absolute Gasteiger partial charge is 0.168 e. The number of hydrogen-bond donors (Lipinski definition) is 1. The Morgan fingerprint density at radius 3 is 1.18 bits per heavy atom. The quantitative estimate of drug-likeness (QED) is 0.493. The van der Waals surface area contributed by atoms with Crippen molar-refractivity contribution in [1.82, 2.24) is 0 Å². The Labute approximate surface area is 175 Å². The average Bonchev–Trinajstić information content (AvgIpc) is 2.59. The maximum atomic E-state index is 5.72. The molecule has 0 spiro atoms. The van der Waals surface area contributed by atoms with Crippen LogP contribution in [0.4, 0.5) is 0 Å². The monoisotopic (exact) mass is 459 g/mol. The van der Waals surface area contributed by atoms with E-state index in [1.165, 1.54) is 0 Å². The minimum atomic E-state index is -0.714. The molecule has 3 rings (SSSR count). The second-order valence-corrected chi connectivity index (χ2v) is 13.7. The van der Waals surface area contributed by atoms with Crippen LogP contribution in [-0.2, 0) is 27.1 Å². The highest BCUT2D eigenvalue weighted by atomic mass is 31.2. The van der Waals surface area contributed by atoms with Gasteiger partial charge in [0, 0.05) is 36.2 Å². The lowest BCUT2D eigenvalue weighted by molar-refractivity contribution is -0.00369. The van der Waals surface area contributed by atoms with Gasteiger partial charge in [-0.25, -0.2) is 0 Å². The van der Waals surface area contributed by atoms with E-state index in [2.05, 4.69) is 27.7 Å². The number of hydrogen-bond acceptors (Lipinski definition) is 7. The molecule has 2 N–H and O–H groups in total. The largest absolute Gasteiger partial charge is 0.334 e. The molecule has 3 aliphatic heterocycles. The molecule has 3 heterocycles. The summed E-state index contributed by atoms with van der Waals surface area (Å²) in [5.41, 5.74) is 6.15. The Hall–Kier alpha value is 1.01. The van der Waals surface area contributed by atoms with E-state index in [9.17, 15) is 0 Å². The molecule has 0 aromatic carbocycles. The predicted octanol–water partition coefficient (Wildman–Crippen LogP) is 5.29. The van der Waals surface area contributed by atoms with Crippen molar-refractivity contribution in [3.63, 3.8) is 0 Å². The lowest BCUT2D eigenvalue weighted by Gasteiger charge is -2.37. The Bertz CT molecular complexity index is 421. The summed E-state index contributed by atoms with van der Waals surface area (Å²) < 4.78 is 32.0. The van der Waals surface area contributed by atoms with E-state index >= 15 is 0 Å². The first-order valence-electron chi connectivity index (χ1n) is 9.51. The molecule has 0 aliphatic carbocycles. The molecular formula is C18H40NO6P3. The summed E-state index contributed by atoms with van der Waals surface area (Å²) >= 11 is 0. The van der Waals surface area contributed by atoms with Gasteiger partial charge < -0.3 is 32.9 Å². The fraction of sp³-hybridized carbons (Fsp3) is 1.00. The fourth-order valence-corrected chi connectivity index (χ4v) is 5.35. The molecule has 0 aromatic rings. The van der Waals surface area contributed by atoms with Gasteiger partial charge in [0.25, 0.3) is 0 Å². The zero-order valence-corrected chi connectivity index (χ0v) is 21.7. The summed E-state index contributed by atoms with van der Waals surface area (Å²) in [5.74, 6) is 0. The van der Waals surface area contributed by atoms with Crippen molar-refractivity contribution in [2.24, 2.45) is 22.0 Å². The minimum Gasteiger partial charge on any atom is -0.334 e. The molecule has 7 nitrogen and oxygen atoms in total. The van der Waals surface area contributed by atoms with E-state index in [0.29, 0.717) is 6.61 Å². The van der Waals surface area contributed by atoms with Crippen LogP contribution in [0, 0.1) is 16.2 Å². The SMILES string of the molecule is CP1OCC(C)(C)C(N)O1.CP1OCC(C)(C)CO1.CP1OCC(C)(C)CO1. The molecule has 0 radical (unpaired) electrons. The highest BCUT2D eigenvalue weighted by molar-refractivity contribution is 7.46. The van der Waals surface area contributed by atoms with Gasteiger partial charge in [-0.2, -0.15) is 0 Å². The van der Waals surface area contributed by atoms with Gasteiger partial charge in [0.05, 0.1) is 33.0 Å². The third-order valence-electron chi connectivity index (χ3n) is 4.20. The third-order valence-corrected chi connectivity index (χ3v) is 7.19. The lowest BCUT2D eigenvalue weighted by atomic mass is 9.93. The minimum absolute atomic E-state index is 0.0329. The van der Waals surface area contributed by atoms with E-state index < -0.39 is 25.1 Å². The van der Waals surface area contributed by atoms with Crippen LogP contribution < -0.4 is 5.73 Å². The van der Waals surface area contributed by atoms with Crippen molar-refractivity contribution < 1.29 is 27.1 Å². The third kappa shape index (κ3) is 10.9. The maximum Gasteiger partial charge on any atom is 0.168 e. The Kier molecular flexibility index (Phi) is 11.2. The number of nitrogens with two attached hydrogens (primary N) is 1. The summed E-state index contributed by atoms with van der Waals surface area (Å²) in [6, 6.07) is 0. The topological polar surface area (TPSA) is 81.4 Å². The molecule has 0 saturated carbocycles. The maximum absolute atomic E-state index is 5.72. The van der Waals surface area contributed by atoms with Crippen LogP contribution in [-0.4, -0.2) is 59.3 Å². The van der Waals surface area contributed by atoms with Crippen LogP contribution in [0.5, 0.6) is 0 Å². The Morgan fingerprint density at radius 1 is 0.607 bits per heavy atom. The molecule has 2 atom stereocenters. The number of rotatable bonds is 0. The van der Waals surface area contributed by atoms with Crippen LogP contribution in [0.25, 0.3) is 0 Å². The van der Waals surface area contributed by atoms with E-state index in [1.54, 1.807) is 0 Å². The molecule has 10 heteroatoms. The van der Waals surface area contributed by atoms with Crippen LogP contribution in [0.2, 0.25) is 0 Å². The predicted molar refractivity (Wildman–Crippen MR) is 119 cm³/mol. The van der Waals surface area contributed by atoms with Crippen LogP contribution in [0.1, 0.15) is 41.5 Å². The van der Waals surface area contributed by atoms with Gasteiger partial charge in [0.2, 0.25) is 0 Å². The van der Waals surface area contributed by atoms with E-state index in [0.717, 1.165) is 26.4 Å². The standard InChI is InChI=1S/C6H14NO2P.2C6H13O2P/c1-6(2)4-8-10(3)9-5(6)7;2*1-6(2)4-7-9(3)8-5-6/h5H,4,7H2,1-3H3;2*4-5H2,1-3H3. The summed E-state index contributed by atoms with van der Waals surface area (Å²) in [6.45, 7) is 22.7. The van der Waals surface area contributed by atoms with Crippen molar-refractivity contribution in [2.75, 3.05) is 53.0 Å². The lowest BCUT2D eigenvalue weighted by Crippen LogP contribution is -2.44. The Balaban J connectivity index is 0.000000210. The van der Waals surface area contributed by atoms with Crippen molar-refractivity contribution in [1.29, 1.82) is 0 Å².